The van der Waals surface area contributed by atoms with Crippen molar-refractivity contribution in [2.45, 2.75) is 83.1 Å². The largest absolute Gasteiger partial charge is 0.494 e. The van der Waals surface area contributed by atoms with Crippen LogP contribution in [-0.2, 0) is 23.6 Å². The van der Waals surface area contributed by atoms with Crippen molar-refractivity contribution < 1.29 is 28.4 Å². The fourth-order valence-corrected chi connectivity index (χ4v) is 5.83. The smallest absolute Gasteiger partial charge is 0.453 e. The summed E-state index contributed by atoms with van der Waals surface area (Å²) in [4.78, 5) is 32.6. The molecule has 4 aliphatic rings. The molecular weight excluding hydrogens is 497 g/mol. The number of allylic oxidation sites excluding steroid dienone is 1. The predicted octanol–water partition coefficient (Wildman–Crippen LogP) is 3.31. The van der Waals surface area contributed by atoms with Crippen molar-refractivity contribution in [3.8, 4) is 0 Å². The Balaban J connectivity index is 1.24. The molecule has 1 aromatic carbocycles. The van der Waals surface area contributed by atoms with Gasteiger partial charge in [0, 0.05) is 38.1 Å². The van der Waals surface area contributed by atoms with Crippen LogP contribution in [0.25, 0.3) is 5.57 Å². The van der Waals surface area contributed by atoms with Gasteiger partial charge < -0.3 is 29.0 Å². The number of likely N-dealkylation sites (tertiary alicyclic amines) is 1. The molecule has 3 fully saturated rings. The van der Waals surface area contributed by atoms with Crippen molar-refractivity contribution >= 4 is 35.9 Å². The average Bonchev–Trinajstić information content (AvgIpc) is 3.65. The first-order valence-corrected chi connectivity index (χ1v) is 14.0. The maximum Gasteiger partial charge on any atom is 0.494 e. The van der Waals surface area contributed by atoms with Crippen LogP contribution in [0.5, 0.6) is 0 Å². The highest BCUT2D eigenvalue weighted by atomic mass is 16.7. The Bertz CT molecular complexity index is 1130. The average molecular weight is 537 g/mol. The molecule has 2 atom stereocenters. The number of ether oxygens (including phenoxy) is 2. The molecule has 0 aliphatic carbocycles. The molecule has 0 saturated carbocycles. The highest BCUT2D eigenvalue weighted by Gasteiger charge is 2.51. The van der Waals surface area contributed by atoms with Crippen molar-refractivity contribution in [3.63, 3.8) is 0 Å². The van der Waals surface area contributed by atoms with Crippen LogP contribution in [0.2, 0.25) is 0 Å². The van der Waals surface area contributed by atoms with Gasteiger partial charge in [-0.05, 0) is 75.9 Å². The second-order valence-electron chi connectivity index (χ2n) is 11.9. The van der Waals surface area contributed by atoms with Crippen molar-refractivity contribution in [1.82, 2.24) is 10.2 Å². The predicted molar refractivity (Wildman–Crippen MR) is 150 cm³/mol. The molecule has 0 aromatic heterocycles. The number of methoxy groups -OCH3 is 1. The zero-order valence-corrected chi connectivity index (χ0v) is 23.7. The van der Waals surface area contributed by atoms with Gasteiger partial charge in [0.15, 0.2) is 0 Å². The van der Waals surface area contributed by atoms with E-state index in [1.54, 1.807) is 0 Å². The first-order valence-electron chi connectivity index (χ1n) is 14.0. The molecule has 0 radical (unpaired) electrons. The molecule has 210 valence electrons. The van der Waals surface area contributed by atoms with Gasteiger partial charge in [-0.25, -0.2) is 4.79 Å². The SMILES string of the molecule is COC(=O)NC(C(=O)N1CCC[C@H]1C1=NC=C(c2ccc(B3OC(C)(C)C(C)(C)O3)cc2)C1)C1CCOCC1. The van der Waals surface area contributed by atoms with Gasteiger partial charge >= 0.3 is 13.2 Å². The number of carbonyl (C=O) groups excluding carboxylic acids is 2. The van der Waals surface area contributed by atoms with Gasteiger partial charge in [-0.2, -0.15) is 0 Å². The van der Waals surface area contributed by atoms with Gasteiger partial charge in [-0.1, -0.05) is 24.3 Å². The third-order valence-corrected chi connectivity index (χ3v) is 8.95. The van der Waals surface area contributed by atoms with E-state index in [4.69, 9.17) is 23.8 Å². The number of hydrogen-bond acceptors (Lipinski definition) is 7. The van der Waals surface area contributed by atoms with E-state index in [1.807, 2.05) is 11.1 Å². The molecule has 39 heavy (non-hydrogen) atoms. The third kappa shape index (κ3) is 5.65. The Kier molecular flexibility index (Phi) is 7.90. The molecule has 1 aromatic rings. The third-order valence-electron chi connectivity index (χ3n) is 8.95. The molecule has 9 nitrogen and oxygen atoms in total. The molecular formula is C29H40BN3O6. The number of aliphatic imine (C=N–C) groups is 1. The van der Waals surface area contributed by atoms with Gasteiger partial charge in [-0.3, -0.25) is 9.79 Å². The van der Waals surface area contributed by atoms with Gasteiger partial charge in [0.2, 0.25) is 5.91 Å². The number of carbonyl (C=O) groups is 2. The van der Waals surface area contributed by atoms with Crippen molar-refractivity contribution in [1.29, 1.82) is 0 Å². The summed E-state index contributed by atoms with van der Waals surface area (Å²) < 4.78 is 22.7. The van der Waals surface area contributed by atoms with E-state index in [-0.39, 0.29) is 29.1 Å². The number of nitrogens with zero attached hydrogens (tertiary/aromatic N) is 2. The standard InChI is InChI=1S/C29H40BN3O6/c1-28(2)29(3,4)39-30(38-28)22-10-8-19(9-11-22)21-17-23(31-18-21)24-7-6-14-33(24)26(34)25(32-27(35)36-5)20-12-15-37-16-13-20/h8-11,18,20,24-25H,6-7,12-17H2,1-5H3,(H,32,35)/t24-,25?/m0/s1. The lowest BCUT2D eigenvalue weighted by atomic mass is 9.78. The van der Waals surface area contributed by atoms with Crippen LogP contribution in [0.3, 0.4) is 0 Å². The van der Waals surface area contributed by atoms with Crippen LogP contribution in [0.1, 0.15) is 65.4 Å². The molecule has 1 unspecified atom stereocenters. The molecule has 10 heteroatoms. The Labute approximate surface area is 231 Å². The lowest BCUT2D eigenvalue weighted by Gasteiger charge is -2.34. The van der Waals surface area contributed by atoms with E-state index in [1.165, 1.54) is 7.11 Å². The molecule has 4 aliphatic heterocycles. The Hall–Kier alpha value is -2.69. The Morgan fingerprint density at radius 3 is 2.38 bits per heavy atom. The number of nitrogens with one attached hydrogen (secondary N) is 1. The first kappa shape index (κ1) is 27.9. The molecule has 1 N–H and O–H groups in total. The van der Waals surface area contributed by atoms with Gasteiger partial charge in [0.25, 0.3) is 0 Å². The topological polar surface area (TPSA) is 98.7 Å². The number of alkyl carbamates (subject to hydrolysis) is 1. The minimum absolute atomic E-state index is 0.0216. The minimum Gasteiger partial charge on any atom is -0.453 e. The first-order chi connectivity index (χ1) is 18.6. The van der Waals surface area contributed by atoms with E-state index in [2.05, 4.69) is 57.3 Å². The van der Waals surface area contributed by atoms with Crippen LogP contribution in [0.4, 0.5) is 4.79 Å². The highest BCUT2D eigenvalue weighted by Crippen LogP contribution is 2.37. The fraction of sp³-hybridized carbons (Fsp3) is 0.621. The van der Waals surface area contributed by atoms with Crippen LogP contribution in [0.15, 0.2) is 35.5 Å². The summed E-state index contributed by atoms with van der Waals surface area (Å²) in [5, 5.41) is 2.82. The van der Waals surface area contributed by atoms with E-state index < -0.39 is 19.3 Å². The fourth-order valence-electron chi connectivity index (χ4n) is 5.83. The second kappa shape index (κ2) is 11.1. The molecule has 4 heterocycles. The summed E-state index contributed by atoms with van der Waals surface area (Å²) in [6.45, 7) is 10.1. The number of hydrogen-bond donors (Lipinski definition) is 1. The van der Waals surface area contributed by atoms with Crippen LogP contribution in [-0.4, -0.2) is 79.9 Å². The van der Waals surface area contributed by atoms with E-state index in [0.717, 1.165) is 48.0 Å². The lowest BCUT2D eigenvalue weighted by Crippen LogP contribution is -2.55. The second-order valence-corrected chi connectivity index (χ2v) is 11.9. The zero-order valence-electron chi connectivity index (χ0n) is 23.7. The molecule has 0 bridgehead atoms. The number of benzene rings is 1. The van der Waals surface area contributed by atoms with E-state index in [9.17, 15) is 9.59 Å². The maximum atomic E-state index is 13.8. The van der Waals surface area contributed by atoms with Gasteiger partial charge in [0.05, 0.1) is 24.4 Å². The minimum atomic E-state index is -0.626. The van der Waals surface area contributed by atoms with Crippen molar-refractivity contribution in [2.75, 3.05) is 26.9 Å². The summed E-state index contributed by atoms with van der Waals surface area (Å²) in [5.41, 5.74) is 3.44. The summed E-state index contributed by atoms with van der Waals surface area (Å²) in [6, 6.07) is 7.58. The van der Waals surface area contributed by atoms with Crippen LogP contribution < -0.4 is 10.8 Å². The maximum absolute atomic E-state index is 13.8. The van der Waals surface area contributed by atoms with Crippen molar-refractivity contribution in [2.24, 2.45) is 10.9 Å². The van der Waals surface area contributed by atoms with Crippen LogP contribution in [0, 0.1) is 5.92 Å². The summed E-state index contributed by atoms with van der Waals surface area (Å²) in [6.07, 6.45) is 5.26. The molecule has 3 saturated heterocycles. The van der Waals surface area contributed by atoms with E-state index >= 15 is 0 Å². The Morgan fingerprint density at radius 1 is 1.08 bits per heavy atom. The quantitative estimate of drug-likeness (QED) is 0.560. The highest BCUT2D eigenvalue weighted by molar-refractivity contribution is 6.62. The molecule has 2 amide bonds. The van der Waals surface area contributed by atoms with Gasteiger partial charge in [-0.15, -0.1) is 0 Å². The van der Waals surface area contributed by atoms with E-state index in [0.29, 0.717) is 26.2 Å². The zero-order chi connectivity index (χ0) is 27.8. The summed E-state index contributed by atoms with van der Waals surface area (Å²) in [7, 11) is 0.927. The summed E-state index contributed by atoms with van der Waals surface area (Å²) in [5.74, 6) is -0.0361. The number of rotatable bonds is 6. The monoisotopic (exact) mass is 537 g/mol. The van der Waals surface area contributed by atoms with Crippen molar-refractivity contribution in [3.05, 3.63) is 36.0 Å². The lowest BCUT2D eigenvalue weighted by molar-refractivity contribution is -0.135. The normalized spacial score (nSPS) is 25.3. The Morgan fingerprint density at radius 2 is 1.74 bits per heavy atom. The molecule has 0 spiro atoms. The van der Waals surface area contributed by atoms with Crippen LogP contribution >= 0.6 is 0 Å². The molecule has 5 rings (SSSR count). The number of amides is 2. The summed E-state index contributed by atoms with van der Waals surface area (Å²) >= 11 is 0. The van der Waals surface area contributed by atoms with Gasteiger partial charge in [0.1, 0.15) is 6.04 Å².